The molecule has 3 aromatic rings. The maximum Gasteiger partial charge on any atom is 0.255 e. The van der Waals surface area contributed by atoms with E-state index in [0.29, 0.717) is 36.5 Å². The number of carbonyl (C=O) groups is 1. The summed E-state index contributed by atoms with van der Waals surface area (Å²) in [6.07, 6.45) is 3.05. The first-order valence-corrected chi connectivity index (χ1v) is 8.77. The maximum absolute atomic E-state index is 13.4. The molecule has 0 aliphatic carbocycles. The van der Waals surface area contributed by atoms with Crippen molar-refractivity contribution in [3.63, 3.8) is 0 Å². The number of pyridine rings is 1. The van der Waals surface area contributed by atoms with Gasteiger partial charge in [0.05, 0.1) is 17.8 Å². The number of nitrogens with zero attached hydrogens (tertiary/aromatic N) is 5. The van der Waals surface area contributed by atoms with Gasteiger partial charge in [0.2, 0.25) is 0 Å². The highest BCUT2D eigenvalue weighted by atomic mass is 19.1. The van der Waals surface area contributed by atoms with Gasteiger partial charge in [-0.1, -0.05) is 12.1 Å². The number of rotatable bonds is 4. The van der Waals surface area contributed by atoms with Gasteiger partial charge in [0.1, 0.15) is 18.0 Å². The second kappa shape index (κ2) is 7.63. The van der Waals surface area contributed by atoms with E-state index in [4.69, 9.17) is 0 Å². The molecule has 4 rings (SSSR count). The van der Waals surface area contributed by atoms with Gasteiger partial charge < -0.3 is 4.90 Å². The number of piperazine rings is 1. The van der Waals surface area contributed by atoms with Crippen molar-refractivity contribution in [1.82, 2.24) is 30.0 Å². The first-order chi connectivity index (χ1) is 13.2. The number of aromatic nitrogens is 4. The Morgan fingerprint density at radius 1 is 1.11 bits per heavy atom. The van der Waals surface area contributed by atoms with Crippen molar-refractivity contribution < 1.29 is 9.18 Å². The van der Waals surface area contributed by atoms with Crippen molar-refractivity contribution in [1.29, 1.82) is 0 Å². The van der Waals surface area contributed by atoms with Gasteiger partial charge >= 0.3 is 0 Å². The van der Waals surface area contributed by atoms with Crippen LogP contribution in [0.25, 0.3) is 11.3 Å². The van der Waals surface area contributed by atoms with Crippen LogP contribution < -0.4 is 0 Å². The number of carbonyl (C=O) groups excluding carboxylic acids is 1. The molecular weight excluding hydrogens is 347 g/mol. The molecule has 0 unspecified atom stereocenters. The lowest BCUT2D eigenvalue weighted by atomic mass is 10.1. The van der Waals surface area contributed by atoms with Gasteiger partial charge in [0.25, 0.3) is 5.91 Å². The Hall–Kier alpha value is -3.13. The number of hydrogen-bond acceptors (Lipinski definition) is 5. The molecule has 1 amide bonds. The molecule has 1 aliphatic rings. The molecule has 0 atom stereocenters. The van der Waals surface area contributed by atoms with Gasteiger partial charge in [-0.05, 0) is 24.3 Å². The number of hydrogen-bond donors (Lipinski definition) is 1. The Labute approximate surface area is 155 Å². The SMILES string of the molecule is O=C(c1ccc(-c2cccc(F)c2)nc1)N1CCN(Cc2ncn[nH]2)CC1. The topological polar surface area (TPSA) is 78.0 Å². The molecule has 1 N–H and O–H groups in total. The molecule has 1 fully saturated rings. The lowest BCUT2D eigenvalue weighted by Gasteiger charge is -2.34. The van der Waals surface area contributed by atoms with Gasteiger partial charge in [-0.25, -0.2) is 9.37 Å². The minimum atomic E-state index is -0.308. The van der Waals surface area contributed by atoms with E-state index in [1.54, 1.807) is 30.5 Å². The van der Waals surface area contributed by atoms with Crippen LogP contribution in [0.15, 0.2) is 48.9 Å². The monoisotopic (exact) mass is 366 g/mol. The third-order valence-corrected chi connectivity index (χ3v) is 4.63. The zero-order valence-electron chi connectivity index (χ0n) is 14.7. The van der Waals surface area contributed by atoms with E-state index < -0.39 is 0 Å². The molecule has 0 saturated carbocycles. The van der Waals surface area contributed by atoms with Crippen LogP contribution in [0.1, 0.15) is 16.2 Å². The standard InChI is InChI=1S/C19H19FN6O/c20-16-3-1-2-14(10-16)17-5-4-15(11-21-17)19(27)26-8-6-25(7-9-26)12-18-22-13-23-24-18/h1-5,10-11,13H,6-9,12H2,(H,22,23,24). The fraction of sp³-hybridized carbons (Fsp3) is 0.263. The molecule has 8 heteroatoms. The Balaban J connectivity index is 1.37. The maximum atomic E-state index is 13.4. The van der Waals surface area contributed by atoms with E-state index in [-0.39, 0.29) is 11.7 Å². The number of nitrogens with one attached hydrogen (secondary N) is 1. The Bertz CT molecular complexity index is 904. The van der Waals surface area contributed by atoms with Crippen molar-refractivity contribution in [3.8, 4) is 11.3 Å². The highest BCUT2D eigenvalue weighted by Gasteiger charge is 2.22. The second-order valence-corrected chi connectivity index (χ2v) is 6.44. The summed E-state index contributed by atoms with van der Waals surface area (Å²) in [6, 6.07) is 9.75. The van der Waals surface area contributed by atoms with E-state index in [1.807, 2.05) is 4.90 Å². The highest BCUT2D eigenvalue weighted by Crippen LogP contribution is 2.19. The summed E-state index contributed by atoms with van der Waals surface area (Å²) in [6.45, 7) is 3.56. The average molecular weight is 366 g/mol. The zero-order chi connectivity index (χ0) is 18.6. The van der Waals surface area contributed by atoms with Gasteiger partial charge in [-0.15, -0.1) is 0 Å². The summed E-state index contributed by atoms with van der Waals surface area (Å²) in [5.74, 6) is 0.483. The minimum absolute atomic E-state index is 0.0346. The first kappa shape index (κ1) is 17.3. The largest absolute Gasteiger partial charge is 0.336 e. The molecule has 0 spiro atoms. The molecule has 1 saturated heterocycles. The fourth-order valence-corrected chi connectivity index (χ4v) is 3.15. The van der Waals surface area contributed by atoms with E-state index in [1.165, 1.54) is 18.5 Å². The summed E-state index contributed by atoms with van der Waals surface area (Å²) in [7, 11) is 0. The van der Waals surface area contributed by atoms with Gasteiger partial charge in [0, 0.05) is 37.9 Å². The lowest BCUT2D eigenvalue weighted by Crippen LogP contribution is -2.48. The normalized spacial score (nSPS) is 15.1. The van der Waals surface area contributed by atoms with Crippen molar-refractivity contribution in [3.05, 3.63) is 66.1 Å². The van der Waals surface area contributed by atoms with E-state index in [0.717, 1.165) is 18.9 Å². The van der Waals surface area contributed by atoms with Crippen LogP contribution in [0.3, 0.4) is 0 Å². The van der Waals surface area contributed by atoms with Gasteiger partial charge in [-0.3, -0.25) is 19.8 Å². The van der Waals surface area contributed by atoms with Crippen molar-refractivity contribution in [2.45, 2.75) is 6.54 Å². The van der Waals surface area contributed by atoms with Crippen LogP contribution in [0.4, 0.5) is 4.39 Å². The zero-order valence-corrected chi connectivity index (χ0v) is 14.7. The van der Waals surface area contributed by atoms with Crippen LogP contribution in [0.2, 0.25) is 0 Å². The summed E-state index contributed by atoms with van der Waals surface area (Å²) < 4.78 is 13.4. The number of benzene rings is 1. The van der Waals surface area contributed by atoms with E-state index in [2.05, 4.69) is 25.1 Å². The molecule has 0 radical (unpaired) electrons. The van der Waals surface area contributed by atoms with Crippen molar-refractivity contribution >= 4 is 5.91 Å². The van der Waals surface area contributed by atoms with E-state index >= 15 is 0 Å². The Morgan fingerprint density at radius 2 is 1.96 bits per heavy atom. The fourth-order valence-electron chi connectivity index (χ4n) is 3.15. The number of amides is 1. The molecule has 138 valence electrons. The molecule has 27 heavy (non-hydrogen) atoms. The van der Waals surface area contributed by atoms with Crippen molar-refractivity contribution in [2.24, 2.45) is 0 Å². The molecular formula is C19H19FN6O. The number of aromatic amines is 1. The highest BCUT2D eigenvalue weighted by molar-refractivity contribution is 5.94. The quantitative estimate of drug-likeness (QED) is 0.764. The molecule has 1 aromatic carbocycles. The third-order valence-electron chi connectivity index (χ3n) is 4.63. The predicted octanol–water partition coefficient (Wildman–Crippen LogP) is 1.96. The Kier molecular flexibility index (Phi) is 4.88. The number of H-pyrrole nitrogens is 1. The van der Waals surface area contributed by atoms with Gasteiger partial charge in [0.15, 0.2) is 0 Å². The average Bonchev–Trinajstić information content (AvgIpc) is 3.21. The molecule has 7 nitrogen and oxygen atoms in total. The summed E-state index contributed by atoms with van der Waals surface area (Å²) >= 11 is 0. The lowest BCUT2D eigenvalue weighted by molar-refractivity contribution is 0.0625. The third kappa shape index (κ3) is 4.01. The summed E-state index contributed by atoms with van der Waals surface area (Å²) in [4.78, 5) is 25.2. The molecule has 1 aliphatic heterocycles. The predicted molar refractivity (Wildman–Crippen MR) is 97.2 cm³/mol. The second-order valence-electron chi connectivity index (χ2n) is 6.44. The van der Waals surface area contributed by atoms with Crippen LogP contribution in [0, 0.1) is 5.82 Å². The molecule has 3 heterocycles. The summed E-state index contributed by atoms with van der Waals surface area (Å²) in [5.41, 5.74) is 1.87. The van der Waals surface area contributed by atoms with Gasteiger partial charge in [-0.2, -0.15) is 5.10 Å². The van der Waals surface area contributed by atoms with Crippen molar-refractivity contribution in [2.75, 3.05) is 26.2 Å². The van der Waals surface area contributed by atoms with Crippen LogP contribution >= 0.6 is 0 Å². The summed E-state index contributed by atoms with van der Waals surface area (Å²) in [5, 5.41) is 6.70. The molecule has 2 aromatic heterocycles. The van der Waals surface area contributed by atoms with E-state index in [9.17, 15) is 9.18 Å². The van der Waals surface area contributed by atoms with Crippen LogP contribution in [-0.4, -0.2) is 62.1 Å². The minimum Gasteiger partial charge on any atom is -0.336 e. The smallest absolute Gasteiger partial charge is 0.255 e. The first-order valence-electron chi connectivity index (χ1n) is 8.77. The Morgan fingerprint density at radius 3 is 2.63 bits per heavy atom. The number of halogens is 1. The molecule has 0 bridgehead atoms. The van der Waals surface area contributed by atoms with Crippen LogP contribution in [-0.2, 0) is 6.54 Å². The van der Waals surface area contributed by atoms with Crippen LogP contribution in [0.5, 0.6) is 0 Å².